The number of hydrogen-bond donors (Lipinski definition) is 1. The maximum atomic E-state index is 12.9. The van der Waals surface area contributed by atoms with Crippen LogP contribution >= 0.6 is 0 Å². The van der Waals surface area contributed by atoms with Gasteiger partial charge in [-0.2, -0.15) is 0 Å². The molecule has 0 radical (unpaired) electrons. The van der Waals surface area contributed by atoms with E-state index in [1.54, 1.807) is 11.9 Å². The molecule has 0 spiro atoms. The van der Waals surface area contributed by atoms with Crippen molar-refractivity contribution < 1.29 is 14.7 Å². The van der Waals surface area contributed by atoms with Crippen LogP contribution in [-0.2, 0) is 4.79 Å². The molecular formula is C16H28N2O3. The van der Waals surface area contributed by atoms with Crippen LogP contribution in [0.25, 0.3) is 0 Å². The molecule has 1 aliphatic carbocycles. The number of carboxylic acids is 1. The second-order valence-electron chi connectivity index (χ2n) is 6.74. The van der Waals surface area contributed by atoms with Gasteiger partial charge in [0.25, 0.3) is 0 Å². The first-order valence-electron chi connectivity index (χ1n) is 8.22. The van der Waals surface area contributed by atoms with Crippen molar-refractivity contribution in [2.24, 2.45) is 0 Å². The molecule has 1 heterocycles. The first-order valence-corrected chi connectivity index (χ1v) is 8.22. The number of carboxylic acid groups (broad SMARTS) is 1. The van der Waals surface area contributed by atoms with E-state index in [-0.39, 0.29) is 18.5 Å². The standard InChI is InChI=1S/C16H28N2O3/c1-13-8-4-7-11-18(13)15(21)17(2)16(12-14(19)20)9-5-3-6-10-16/h13H,3-12H2,1-2H3,(H,19,20). The third-order valence-electron chi connectivity index (χ3n) is 5.31. The van der Waals surface area contributed by atoms with Gasteiger partial charge in [-0.05, 0) is 39.0 Å². The van der Waals surface area contributed by atoms with Crippen LogP contribution in [0.2, 0.25) is 0 Å². The Morgan fingerprint density at radius 3 is 2.43 bits per heavy atom. The summed E-state index contributed by atoms with van der Waals surface area (Å²) in [4.78, 5) is 27.8. The zero-order valence-electron chi connectivity index (χ0n) is 13.3. The Morgan fingerprint density at radius 2 is 1.86 bits per heavy atom. The van der Waals surface area contributed by atoms with E-state index in [0.717, 1.165) is 51.5 Å². The van der Waals surface area contributed by atoms with Crippen molar-refractivity contribution in [3.63, 3.8) is 0 Å². The lowest BCUT2D eigenvalue weighted by molar-refractivity contribution is -0.140. The van der Waals surface area contributed by atoms with Gasteiger partial charge >= 0.3 is 12.0 Å². The summed E-state index contributed by atoms with van der Waals surface area (Å²) in [5.41, 5.74) is -0.488. The van der Waals surface area contributed by atoms with Gasteiger partial charge in [0.2, 0.25) is 0 Å². The van der Waals surface area contributed by atoms with Crippen molar-refractivity contribution in [2.75, 3.05) is 13.6 Å². The fourth-order valence-electron chi connectivity index (χ4n) is 3.90. The SMILES string of the molecule is CC1CCCCN1C(=O)N(C)C1(CC(=O)O)CCCCC1. The van der Waals surface area contributed by atoms with Gasteiger partial charge in [0.05, 0.1) is 12.0 Å². The first kappa shape index (κ1) is 16.1. The topological polar surface area (TPSA) is 60.9 Å². The van der Waals surface area contributed by atoms with Crippen molar-refractivity contribution in [1.82, 2.24) is 9.80 Å². The molecule has 1 saturated heterocycles. The van der Waals surface area contributed by atoms with Gasteiger partial charge in [0.15, 0.2) is 0 Å². The number of carbonyl (C=O) groups excluding carboxylic acids is 1. The molecule has 5 nitrogen and oxygen atoms in total. The summed E-state index contributed by atoms with van der Waals surface area (Å²) in [6.07, 6.45) is 8.13. The Balaban J connectivity index is 2.14. The average Bonchev–Trinajstić information content (AvgIpc) is 2.46. The molecule has 1 saturated carbocycles. The molecule has 21 heavy (non-hydrogen) atoms. The molecule has 0 aromatic carbocycles. The lowest BCUT2D eigenvalue weighted by Gasteiger charge is -2.47. The summed E-state index contributed by atoms with van der Waals surface area (Å²) in [5.74, 6) is -0.803. The lowest BCUT2D eigenvalue weighted by Crippen LogP contribution is -2.58. The number of amides is 2. The molecule has 5 heteroatoms. The monoisotopic (exact) mass is 296 g/mol. The molecule has 2 amide bonds. The molecule has 120 valence electrons. The van der Waals surface area contributed by atoms with Crippen molar-refractivity contribution in [1.29, 1.82) is 0 Å². The number of hydrogen-bond acceptors (Lipinski definition) is 2. The minimum atomic E-state index is -0.803. The number of carbonyl (C=O) groups is 2. The quantitative estimate of drug-likeness (QED) is 0.870. The van der Waals surface area contributed by atoms with Crippen molar-refractivity contribution in [3.8, 4) is 0 Å². The van der Waals surface area contributed by atoms with Crippen LogP contribution in [0, 0.1) is 0 Å². The van der Waals surface area contributed by atoms with Crippen LogP contribution in [-0.4, -0.2) is 52.1 Å². The molecular weight excluding hydrogens is 268 g/mol. The van der Waals surface area contributed by atoms with Gasteiger partial charge in [0.1, 0.15) is 0 Å². The second kappa shape index (κ2) is 6.67. The fourth-order valence-corrected chi connectivity index (χ4v) is 3.90. The van der Waals surface area contributed by atoms with Gasteiger partial charge in [-0.1, -0.05) is 19.3 Å². The maximum Gasteiger partial charge on any atom is 0.320 e. The molecule has 1 unspecified atom stereocenters. The van der Waals surface area contributed by atoms with Crippen LogP contribution in [0.4, 0.5) is 4.79 Å². The third-order valence-corrected chi connectivity index (χ3v) is 5.31. The Hall–Kier alpha value is -1.26. The summed E-state index contributed by atoms with van der Waals surface area (Å²) < 4.78 is 0. The second-order valence-corrected chi connectivity index (χ2v) is 6.74. The van der Waals surface area contributed by atoms with Crippen LogP contribution in [0.3, 0.4) is 0 Å². The molecule has 0 bridgehead atoms. The Labute approximate surface area is 127 Å². The van der Waals surface area contributed by atoms with Crippen LogP contribution in [0.1, 0.15) is 64.7 Å². The van der Waals surface area contributed by atoms with E-state index in [0.29, 0.717) is 0 Å². The summed E-state index contributed by atoms with van der Waals surface area (Å²) in [6.45, 7) is 2.89. The van der Waals surface area contributed by atoms with E-state index in [1.165, 1.54) is 6.42 Å². The van der Waals surface area contributed by atoms with Crippen molar-refractivity contribution in [2.45, 2.75) is 76.3 Å². The van der Waals surface area contributed by atoms with E-state index >= 15 is 0 Å². The highest BCUT2D eigenvalue weighted by Gasteiger charge is 2.42. The predicted octanol–water partition coefficient (Wildman–Crippen LogP) is 3.09. The fraction of sp³-hybridized carbons (Fsp3) is 0.875. The first-order chi connectivity index (χ1) is 9.96. The van der Waals surface area contributed by atoms with Gasteiger partial charge in [-0.15, -0.1) is 0 Å². The zero-order chi connectivity index (χ0) is 15.5. The van der Waals surface area contributed by atoms with Crippen LogP contribution < -0.4 is 0 Å². The van der Waals surface area contributed by atoms with Crippen molar-refractivity contribution in [3.05, 3.63) is 0 Å². The van der Waals surface area contributed by atoms with Crippen LogP contribution in [0.15, 0.2) is 0 Å². The highest BCUT2D eigenvalue weighted by atomic mass is 16.4. The summed E-state index contributed by atoms with van der Waals surface area (Å²) >= 11 is 0. The number of rotatable bonds is 3. The van der Waals surface area contributed by atoms with E-state index < -0.39 is 11.5 Å². The molecule has 2 rings (SSSR count). The maximum absolute atomic E-state index is 12.9. The predicted molar refractivity (Wildman–Crippen MR) is 81.2 cm³/mol. The van der Waals surface area contributed by atoms with E-state index in [2.05, 4.69) is 6.92 Å². The molecule has 0 aromatic heterocycles. The molecule has 1 aliphatic heterocycles. The number of aliphatic carboxylic acids is 1. The molecule has 2 aliphatic rings. The molecule has 2 fully saturated rings. The van der Waals surface area contributed by atoms with Gasteiger partial charge in [-0.3, -0.25) is 4.79 Å². The lowest BCUT2D eigenvalue weighted by atomic mass is 9.78. The van der Waals surface area contributed by atoms with E-state index in [9.17, 15) is 14.7 Å². The Bertz CT molecular complexity index is 391. The molecule has 1 atom stereocenters. The van der Waals surface area contributed by atoms with E-state index in [1.807, 2.05) is 4.90 Å². The highest BCUT2D eigenvalue weighted by Crippen LogP contribution is 2.37. The summed E-state index contributed by atoms with van der Waals surface area (Å²) in [5, 5.41) is 9.27. The van der Waals surface area contributed by atoms with Gasteiger partial charge < -0.3 is 14.9 Å². The molecule has 1 N–H and O–H groups in total. The minimum Gasteiger partial charge on any atom is -0.481 e. The third kappa shape index (κ3) is 3.50. The smallest absolute Gasteiger partial charge is 0.320 e. The Kier molecular flexibility index (Phi) is 5.12. The normalized spacial score (nSPS) is 25.4. The highest BCUT2D eigenvalue weighted by molar-refractivity contribution is 5.77. The van der Waals surface area contributed by atoms with Gasteiger partial charge in [-0.25, -0.2) is 4.79 Å². The van der Waals surface area contributed by atoms with Crippen LogP contribution in [0.5, 0.6) is 0 Å². The summed E-state index contributed by atoms with van der Waals surface area (Å²) in [6, 6.07) is 0.282. The zero-order valence-corrected chi connectivity index (χ0v) is 13.3. The minimum absolute atomic E-state index is 0.0188. The summed E-state index contributed by atoms with van der Waals surface area (Å²) in [7, 11) is 1.80. The largest absolute Gasteiger partial charge is 0.481 e. The number of nitrogens with zero attached hydrogens (tertiary/aromatic N) is 2. The number of likely N-dealkylation sites (tertiary alicyclic amines) is 1. The van der Waals surface area contributed by atoms with Gasteiger partial charge in [0, 0.05) is 19.6 Å². The van der Waals surface area contributed by atoms with Crippen molar-refractivity contribution >= 4 is 12.0 Å². The van der Waals surface area contributed by atoms with E-state index in [4.69, 9.17) is 0 Å². The number of piperidine rings is 1. The average molecular weight is 296 g/mol. The Morgan fingerprint density at radius 1 is 1.19 bits per heavy atom. The molecule has 0 aromatic rings. The number of urea groups is 1.